The van der Waals surface area contributed by atoms with E-state index in [-0.39, 0.29) is 0 Å². The lowest BCUT2D eigenvalue weighted by atomic mass is 10.1. The van der Waals surface area contributed by atoms with Gasteiger partial charge in [-0.15, -0.1) is 0 Å². The zero-order valence-electron chi connectivity index (χ0n) is 9.36. The molecule has 78 valence electrons. The molecular weight excluding hydrogens is 186 g/mol. The minimum Gasteiger partial charge on any atom is -0.250 e. The van der Waals surface area contributed by atoms with E-state index in [0.717, 1.165) is 23.8 Å². The molecule has 2 rings (SSSR count). The third-order valence-corrected chi connectivity index (χ3v) is 2.47. The van der Waals surface area contributed by atoms with E-state index >= 15 is 0 Å². The van der Waals surface area contributed by atoms with E-state index in [4.69, 9.17) is 0 Å². The van der Waals surface area contributed by atoms with Crippen LogP contribution in [0.25, 0.3) is 11.4 Å². The molecule has 1 aromatic heterocycles. The van der Waals surface area contributed by atoms with E-state index in [2.05, 4.69) is 48.2 Å². The Morgan fingerprint density at radius 3 is 2.33 bits per heavy atom. The summed E-state index contributed by atoms with van der Waals surface area (Å²) < 4.78 is 1.91. The molecule has 0 amide bonds. The fourth-order valence-corrected chi connectivity index (χ4v) is 1.54. The predicted octanol–water partition coefficient (Wildman–Crippen LogP) is 2.58. The van der Waals surface area contributed by atoms with Crippen molar-refractivity contribution in [1.29, 1.82) is 0 Å². The first-order valence-electron chi connectivity index (χ1n) is 5.19. The highest BCUT2D eigenvalue weighted by molar-refractivity contribution is 5.54. The zero-order valence-corrected chi connectivity index (χ0v) is 9.36. The molecule has 2 aromatic rings. The van der Waals surface area contributed by atoms with Crippen LogP contribution in [0.2, 0.25) is 0 Å². The Bertz CT molecular complexity index is 454. The lowest BCUT2D eigenvalue weighted by Gasteiger charge is -1.96. The second-order valence-corrected chi connectivity index (χ2v) is 3.66. The summed E-state index contributed by atoms with van der Waals surface area (Å²) in [7, 11) is 0. The van der Waals surface area contributed by atoms with Crippen LogP contribution < -0.4 is 0 Å². The molecule has 0 saturated heterocycles. The van der Waals surface area contributed by atoms with E-state index in [0.29, 0.717) is 0 Å². The van der Waals surface area contributed by atoms with Crippen LogP contribution in [0, 0.1) is 13.8 Å². The first kappa shape index (κ1) is 9.90. The van der Waals surface area contributed by atoms with E-state index in [1.165, 1.54) is 5.56 Å². The van der Waals surface area contributed by atoms with Crippen molar-refractivity contribution in [3.63, 3.8) is 0 Å². The summed E-state index contributed by atoms with van der Waals surface area (Å²) in [6, 6.07) is 8.28. The maximum Gasteiger partial charge on any atom is 0.181 e. The van der Waals surface area contributed by atoms with E-state index in [1.807, 2.05) is 11.6 Å². The Labute approximate surface area is 89.8 Å². The molecule has 0 aliphatic heterocycles. The molecule has 0 saturated carbocycles. The summed E-state index contributed by atoms with van der Waals surface area (Å²) >= 11 is 0. The minimum atomic E-state index is 0.814. The predicted molar refractivity (Wildman–Crippen MR) is 60.6 cm³/mol. The van der Waals surface area contributed by atoms with Crippen LogP contribution >= 0.6 is 0 Å². The summed E-state index contributed by atoms with van der Waals surface area (Å²) in [5.74, 6) is 1.78. The summed E-state index contributed by atoms with van der Waals surface area (Å²) in [5, 5.41) is 4.43. The van der Waals surface area contributed by atoms with Crippen molar-refractivity contribution in [2.75, 3.05) is 0 Å². The van der Waals surface area contributed by atoms with Gasteiger partial charge in [-0.2, -0.15) is 5.10 Å². The average molecular weight is 201 g/mol. The van der Waals surface area contributed by atoms with Crippen molar-refractivity contribution >= 4 is 0 Å². The molecule has 0 N–H and O–H groups in total. The van der Waals surface area contributed by atoms with Crippen LogP contribution in [0.3, 0.4) is 0 Å². The van der Waals surface area contributed by atoms with Crippen molar-refractivity contribution in [1.82, 2.24) is 14.8 Å². The van der Waals surface area contributed by atoms with Crippen LogP contribution in [-0.4, -0.2) is 14.8 Å². The molecule has 0 aliphatic carbocycles. The molecule has 0 spiro atoms. The number of aryl methyl sites for hydroxylation is 3. The monoisotopic (exact) mass is 201 g/mol. The second kappa shape index (κ2) is 3.85. The van der Waals surface area contributed by atoms with Crippen molar-refractivity contribution in [3.05, 3.63) is 35.7 Å². The Morgan fingerprint density at radius 1 is 1.13 bits per heavy atom. The highest BCUT2D eigenvalue weighted by atomic mass is 15.3. The van der Waals surface area contributed by atoms with E-state index in [9.17, 15) is 0 Å². The largest absolute Gasteiger partial charge is 0.250 e. The molecule has 3 nitrogen and oxygen atoms in total. The van der Waals surface area contributed by atoms with Gasteiger partial charge in [-0.05, 0) is 20.8 Å². The Hall–Kier alpha value is -1.64. The molecule has 0 radical (unpaired) electrons. The summed E-state index contributed by atoms with van der Waals surface area (Å²) in [4.78, 5) is 4.43. The maximum atomic E-state index is 4.43. The molecule has 0 atom stereocenters. The third kappa shape index (κ3) is 1.91. The molecule has 0 fully saturated rings. The van der Waals surface area contributed by atoms with Crippen LogP contribution in [0.1, 0.15) is 18.3 Å². The van der Waals surface area contributed by atoms with Gasteiger partial charge in [-0.3, -0.25) is 4.68 Å². The normalized spacial score (nSPS) is 10.6. The Balaban J connectivity index is 2.41. The lowest BCUT2D eigenvalue weighted by molar-refractivity contribution is 0.637. The smallest absolute Gasteiger partial charge is 0.181 e. The average Bonchev–Trinajstić information content (AvgIpc) is 2.61. The number of aromatic nitrogens is 3. The summed E-state index contributed by atoms with van der Waals surface area (Å²) in [6.07, 6.45) is 0. The lowest BCUT2D eigenvalue weighted by Crippen LogP contribution is -1.98. The van der Waals surface area contributed by atoms with Crippen molar-refractivity contribution in [3.8, 4) is 11.4 Å². The molecule has 0 unspecified atom stereocenters. The number of nitrogens with zero attached hydrogens (tertiary/aromatic N) is 3. The fraction of sp³-hybridized carbons (Fsp3) is 0.333. The SMILES string of the molecule is CCn1nc(-c2ccc(C)cc2)nc1C. The minimum absolute atomic E-state index is 0.814. The molecule has 0 aliphatic rings. The Kier molecular flexibility index (Phi) is 2.54. The van der Waals surface area contributed by atoms with Gasteiger partial charge in [0.2, 0.25) is 0 Å². The zero-order chi connectivity index (χ0) is 10.8. The maximum absolute atomic E-state index is 4.43. The number of hydrogen-bond donors (Lipinski definition) is 0. The van der Waals surface area contributed by atoms with Crippen molar-refractivity contribution in [2.24, 2.45) is 0 Å². The topological polar surface area (TPSA) is 30.7 Å². The van der Waals surface area contributed by atoms with Crippen molar-refractivity contribution < 1.29 is 0 Å². The summed E-state index contributed by atoms with van der Waals surface area (Å²) in [6.45, 7) is 6.99. The Morgan fingerprint density at radius 2 is 1.80 bits per heavy atom. The number of benzene rings is 1. The van der Waals surface area contributed by atoms with Gasteiger partial charge in [0, 0.05) is 12.1 Å². The van der Waals surface area contributed by atoms with E-state index < -0.39 is 0 Å². The summed E-state index contributed by atoms with van der Waals surface area (Å²) in [5.41, 5.74) is 2.33. The van der Waals surface area contributed by atoms with Gasteiger partial charge in [0.05, 0.1) is 0 Å². The quantitative estimate of drug-likeness (QED) is 0.747. The first-order valence-corrected chi connectivity index (χ1v) is 5.19. The van der Waals surface area contributed by atoms with Gasteiger partial charge < -0.3 is 0 Å². The second-order valence-electron chi connectivity index (χ2n) is 3.66. The van der Waals surface area contributed by atoms with Crippen LogP contribution in [0.5, 0.6) is 0 Å². The number of rotatable bonds is 2. The highest BCUT2D eigenvalue weighted by Crippen LogP contribution is 2.15. The van der Waals surface area contributed by atoms with Gasteiger partial charge in [0.25, 0.3) is 0 Å². The van der Waals surface area contributed by atoms with Crippen LogP contribution in [0.4, 0.5) is 0 Å². The van der Waals surface area contributed by atoms with E-state index in [1.54, 1.807) is 0 Å². The van der Waals surface area contributed by atoms with Gasteiger partial charge in [0.15, 0.2) is 5.82 Å². The molecule has 3 heteroatoms. The van der Waals surface area contributed by atoms with Crippen molar-refractivity contribution in [2.45, 2.75) is 27.3 Å². The molecular formula is C12H15N3. The van der Waals surface area contributed by atoms with Gasteiger partial charge in [0.1, 0.15) is 5.82 Å². The highest BCUT2D eigenvalue weighted by Gasteiger charge is 2.06. The first-order chi connectivity index (χ1) is 7.20. The molecule has 1 heterocycles. The van der Waals surface area contributed by atoms with Gasteiger partial charge in [-0.1, -0.05) is 29.8 Å². The molecule has 1 aromatic carbocycles. The molecule has 15 heavy (non-hydrogen) atoms. The van der Waals surface area contributed by atoms with Gasteiger partial charge in [-0.25, -0.2) is 4.98 Å². The number of hydrogen-bond acceptors (Lipinski definition) is 2. The molecule has 0 bridgehead atoms. The fourth-order valence-electron chi connectivity index (χ4n) is 1.54. The third-order valence-electron chi connectivity index (χ3n) is 2.47. The van der Waals surface area contributed by atoms with Crippen LogP contribution in [-0.2, 0) is 6.54 Å². The van der Waals surface area contributed by atoms with Gasteiger partial charge >= 0.3 is 0 Å². The standard InChI is InChI=1S/C12H15N3/c1-4-15-10(3)13-12(14-15)11-7-5-9(2)6-8-11/h5-8H,4H2,1-3H3. The van der Waals surface area contributed by atoms with Crippen LogP contribution in [0.15, 0.2) is 24.3 Å².